The number of methoxy groups -OCH3 is 1. The van der Waals surface area contributed by atoms with Crippen LogP contribution in [0.1, 0.15) is 0 Å². The first kappa shape index (κ1) is 17.5. The highest BCUT2D eigenvalue weighted by Crippen LogP contribution is 2.30. The number of hydrogen-bond acceptors (Lipinski definition) is 5. The van der Waals surface area contributed by atoms with E-state index in [9.17, 15) is 9.59 Å². The second kappa shape index (κ2) is 7.71. The van der Waals surface area contributed by atoms with Gasteiger partial charge in [0.25, 0.3) is 5.91 Å². The van der Waals surface area contributed by atoms with Gasteiger partial charge in [-0.3, -0.25) is 15.1 Å². The number of hydrogen-bond donors (Lipinski definition) is 1. The molecule has 0 bridgehead atoms. The zero-order valence-electron chi connectivity index (χ0n) is 14.8. The molecular formula is C17H25N5O3. The van der Waals surface area contributed by atoms with Crippen LogP contribution >= 0.6 is 0 Å². The lowest BCUT2D eigenvalue weighted by molar-refractivity contribution is -0.127. The number of urea groups is 1. The molecule has 8 heteroatoms. The third-order valence-electron chi connectivity index (χ3n) is 4.59. The number of likely N-dealkylation sites (N-methyl/N-ethyl adjacent to an activating group) is 1. The van der Waals surface area contributed by atoms with Gasteiger partial charge >= 0.3 is 6.03 Å². The molecule has 3 rings (SSSR count). The van der Waals surface area contributed by atoms with Gasteiger partial charge in [-0.2, -0.15) is 0 Å². The number of benzene rings is 1. The quantitative estimate of drug-likeness (QED) is 0.825. The number of ether oxygens (including phenoxy) is 1. The summed E-state index contributed by atoms with van der Waals surface area (Å²) in [5, 5.41) is 1.92. The van der Waals surface area contributed by atoms with E-state index in [2.05, 4.69) is 17.4 Å². The predicted molar refractivity (Wildman–Crippen MR) is 94.5 cm³/mol. The number of piperazine rings is 1. The lowest BCUT2D eigenvalue weighted by Crippen LogP contribution is -2.54. The lowest BCUT2D eigenvalue weighted by atomic mass is 10.2. The van der Waals surface area contributed by atoms with E-state index in [1.807, 2.05) is 29.3 Å². The largest absolute Gasteiger partial charge is 0.495 e. The third kappa shape index (κ3) is 4.02. The Morgan fingerprint density at radius 2 is 1.84 bits per heavy atom. The summed E-state index contributed by atoms with van der Waals surface area (Å²) < 4.78 is 5.33. The lowest BCUT2D eigenvalue weighted by Gasteiger charge is -2.32. The number of nitrogens with zero attached hydrogens (tertiary/aromatic N) is 4. The van der Waals surface area contributed by atoms with Crippen LogP contribution in [0.4, 0.5) is 10.5 Å². The Bertz CT molecular complexity index is 630. The van der Waals surface area contributed by atoms with Crippen LogP contribution in [0, 0.1) is 0 Å². The molecule has 0 radical (unpaired) electrons. The molecule has 0 aromatic heterocycles. The summed E-state index contributed by atoms with van der Waals surface area (Å²) in [4.78, 5) is 30.3. The third-order valence-corrected chi connectivity index (χ3v) is 4.59. The molecule has 3 amide bonds. The second-order valence-electron chi connectivity index (χ2n) is 6.35. The Morgan fingerprint density at radius 3 is 2.56 bits per heavy atom. The van der Waals surface area contributed by atoms with E-state index in [1.54, 1.807) is 16.9 Å². The maximum absolute atomic E-state index is 12.6. The van der Waals surface area contributed by atoms with E-state index in [4.69, 9.17) is 4.74 Å². The van der Waals surface area contributed by atoms with Gasteiger partial charge in [-0.25, -0.2) is 9.80 Å². The van der Waals surface area contributed by atoms with Crippen LogP contribution in [0.5, 0.6) is 5.75 Å². The van der Waals surface area contributed by atoms with Gasteiger partial charge in [0.15, 0.2) is 0 Å². The SMILES string of the molecule is COc1ccccc1N1CCN(CC(=O)NN2CCN(C)CC2)C1=O. The van der Waals surface area contributed by atoms with E-state index in [-0.39, 0.29) is 18.5 Å². The number of anilines is 1. The zero-order chi connectivity index (χ0) is 17.8. The minimum atomic E-state index is -0.168. The Balaban J connectivity index is 1.56. The van der Waals surface area contributed by atoms with Crippen molar-refractivity contribution in [3.05, 3.63) is 24.3 Å². The molecule has 136 valence electrons. The van der Waals surface area contributed by atoms with Crippen LogP contribution in [0.25, 0.3) is 0 Å². The van der Waals surface area contributed by atoms with Crippen molar-refractivity contribution in [3.8, 4) is 5.75 Å². The molecular weight excluding hydrogens is 322 g/mol. The number of para-hydroxylation sites is 2. The number of hydrazine groups is 1. The zero-order valence-corrected chi connectivity index (χ0v) is 14.8. The molecule has 0 aliphatic carbocycles. The first-order valence-electron chi connectivity index (χ1n) is 8.51. The fourth-order valence-corrected chi connectivity index (χ4v) is 3.11. The molecule has 0 unspecified atom stereocenters. The van der Waals surface area contributed by atoms with Crippen molar-refractivity contribution >= 4 is 17.6 Å². The summed E-state index contributed by atoms with van der Waals surface area (Å²) in [5.74, 6) is 0.499. The van der Waals surface area contributed by atoms with Crippen molar-refractivity contribution in [2.75, 3.05) is 64.9 Å². The number of nitrogens with one attached hydrogen (secondary N) is 1. The van der Waals surface area contributed by atoms with Crippen molar-refractivity contribution < 1.29 is 14.3 Å². The molecule has 1 N–H and O–H groups in total. The van der Waals surface area contributed by atoms with Crippen LogP contribution in [0.2, 0.25) is 0 Å². The monoisotopic (exact) mass is 347 g/mol. The summed E-state index contributed by atoms with van der Waals surface area (Å²) >= 11 is 0. The van der Waals surface area contributed by atoms with Gasteiger partial charge in [0, 0.05) is 39.3 Å². The maximum Gasteiger partial charge on any atom is 0.325 e. The molecule has 25 heavy (non-hydrogen) atoms. The average Bonchev–Trinajstić information content (AvgIpc) is 2.97. The van der Waals surface area contributed by atoms with Gasteiger partial charge in [-0.15, -0.1) is 0 Å². The summed E-state index contributed by atoms with van der Waals surface area (Å²) in [5.41, 5.74) is 3.63. The molecule has 0 spiro atoms. The fourth-order valence-electron chi connectivity index (χ4n) is 3.11. The molecule has 1 aromatic carbocycles. The molecule has 1 aromatic rings. The predicted octanol–water partition coefficient (Wildman–Crippen LogP) is 0.216. The van der Waals surface area contributed by atoms with Gasteiger partial charge in [-0.05, 0) is 19.2 Å². The first-order valence-corrected chi connectivity index (χ1v) is 8.51. The van der Waals surface area contributed by atoms with Crippen LogP contribution in [-0.2, 0) is 4.79 Å². The highest BCUT2D eigenvalue weighted by Gasteiger charge is 2.32. The highest BCUT2D eigenvalue weighted by atomic mass is 16.5. The first-order chi connectivity index (χ1) is 12.1. The summed E-state index contributed by atoms with van der Waals surface area (Å²) in [7, 11) is 3.65. The second-order valence-corrected chi connectivity index (χ2v) is 6.35. The molecule has 0 atom stereocenters. The topological polar surface area (TPSA) is 68.4 Å². The maximum atomic E-state index is 12.6. The van der Waals surface area contributed by atoms with Crippen LogP contribution in [0.15, 0.2) is 24.3 Å². The van der Waals surface area contributed by atoms with Crippen molar-refractivity contribution in [1.29, 1.82) is 0 Å². The normalized spacial score (nSPS) is 19.4. The van der Waals surface area contributed by atoms with Crippen molar-refractivity contribution in [1.82, 2.24) is 20.2 Å². The van der Waals surface area contributed by atoms with E-state index < -0.39 is 0 Å². The van der Waals surface area contributed by atoms with Crippen LogP contribution in [0.3, 0.4) is 0 Å². The summed E-state index contributed by atoms with van der Waals surface area (Å²) in [6.07, 6.45) is 0. The Labute approximate surface area is 147 Å². The van der Waals surface area contributed by atoms with Crippen molar-refractivity contribution in [2.24, 2.45) is 0 Å². The van der Waals surface area contributed by atoms with E-state index in [0.717, 1.165) is 31.9 Å². The molecule has 2 heterocycles. The molecule has 2 aliphatic heterocycles. The van der Waals surface area contributed by atoms with Gasteiger partial charge < -0.3 is 14.5 Å². The Kier molecular flexibility index (Phi) is 5.40. The van der Waals surface area contributed by atoms with Gasteiger partial charge in [0.05, 0.1) is 12.8 Å². The van der Waals surface area contributed by atoms with Crippen molar-refractivity contribution in [2.45, 2.75) is 0 Å². The van der Waals surface area contributed by atoms with Gasteiger partial charge in [-0.1, -0.05) is 12.1 Å². The Morgan fingerprint density at radius 1 is 1.12 bits per heavy atom. The minimum Gasteiger partial charge on any atom is -0.495 e. The standard InChI is InChI=1S/C17H25N5O3/c1-19-7-10-21(11-8-19)18-16(23)13-20-9-12-22(17(20)24)14-5-3-4-6-15(14)25-2/h3-6H,7-13H2,1-2H3,(H,18,23). The van der Waals surface area contributed by atoms with Crippen molar-refractivity contribution in [3.63, 3.8) is 0 Å². The molecule has 8 nitrogen and oxygen atoms in total. The van der Waals surface area contributed by atoms with Crippen LogP contribution in [-0.4, -0.2) is 86.7 Å². The summed E-state index contributed by atoms with van der Waals surface area (Å²) in [6.45, 7) is 4.56. The molecule has 2 fully saturated rings. The van der Waals surface area contributed by atoms with E-state index >= 15 is 0 Å². The average molecular weight is 347 g/mol. The molecule has 2 saturated heterocycles. The smallest absolute Gasteiger partial charge is 0.325 e. The van der Waals surface area contributed by atoms with E-state index in [1.165, 1.54) is 0 Å². The number of carbonyl (C=O) groups is 2. The Hall–Kier alpha value is -2.32. The minimum absolute atomic E-state index is 0.0663. The number of carbonyl (C=O) groups excluding carboxylic acids is 2. The molecule has 0 saturated carbocycles. The summed E-state index contributed by atoms with van der Waals surface area (Å²) in [6, 6.07) is 7.24. The fraction of sp³-hybridized carbons (Fsp3) is 0.529. The highest BCUT2D eigenvalue weighted by molar-refractivity contribution is 5.97. The van der Waals surface area contributed by atoms with Gasteiger partial charge in [0.1, 0.15) is 12.3 Å². The number of amides is 3. The van der Waals surface area contributed by atoms with E-state index in [0.29, 0.717) is 18.8 Å². The van der Waals surface area contributed by atoms with Gasteiger partial charge in [0.2, 0.25) is 0 Å². The number of rotatable bonds is 5. The molecule has 2 aliphatic rings. The van der Waals surface area contributed by atoms with Crippen LogP contribution < -0.4 is 15.1 Å².